The highest BCUT2D eigenvalue weighted by Crippen LogP contribution is 2.11. The Hall–Kier alpha value is -0.460. The van der Waals surface area contributed by atoms with Crippen LogP contribution in [0.3, 0.4) is 0 Å². The van der Waals surface area contributed by atoms with Crippen molar-refractivity contribution in [2.45, 2.75) is 25.8 Å². The second-order valence-electron chi connectivity index (χ2n) is 4.67. The Morgan fingerprint density at radius 2 is 2.06 bits per heavy atom. The van der Waals surface area contributed by atoms with Gasteiger partial charge < -0.3 is 16.0 Å². The normalized spacial score (nSPS) is 22.2. The van der Waals surface area contributed by atoms with Gasteiger partial charge in [0.25, 0.3) is 0 Å². The van der Waals surface area contributed by atoms with E-state index in [-0.39, 0.29) is 5.91 Å². The molecule has 0 aromatic heterocycles. The van der Waals surface area contributed by atoms with E-state index in [1.54, 1.807) is 0 Å². The molecule has 1 unspecified atom stereocenters. The van der Waals surface area contributed by atoms with Gasteiger partial charge in [0.1, 0.15) is 0 Å². The highest BCUT2D eigenvalue weighted by molar-refractivity contribution is 7.85. The number of nitrogens with zero attached hydrogens (tertiary/aromatic N) is 1. The summed E-state index contributed by atoms with van der Waals surface area (Å²) in [5.74, 6) is 1.18. The third kappa shape index (κ3) is 4.37. The van der Waals surface area contributed by atoms with Crippen molar-refractivity contribution in [1.29, 1.82) is 0 Å². The summed E-state index contributed by atoms with van der Waals surface area (Å²) in [4.78, 5) is 13.7. The van der Waals surface area contributed by atoms with Gasteiger partial charge in [-0.25, -0.2) is 0 Å². The molecule has 3 N–H and O–H groups in total. The summed E-state index contributed by atoms with van der Waals surface area (Å²) >= 11 is 0. The second kappa shape index (κ2) is 6.47. The van der Waals surface area contributed by atoms with E-state index < -0.39 is 16.3 Å². The third-order valence-electron chi connectivity index (χ3n) is 3.31. The first-order chi connectivity index (χ1) is 7.98. The minimum atomic E-state index is -0.647. The molecule has 1 amide bonds. The minimum absolute atomic E-state index is 0.306. The lowest BCUT2D eigenvalue weighted by Gasteiger charge is -2.32. The molecule has 17 heavy (non-hydrogen) atoms. The number of rotatable bonds is 6. The van der Waals surface area contributed by atoms with Crippen molar-refractivity contribution in [1.82, 2.24) is 10.2 Å². The zero-order valence-electron chi connectivity index (χ0n) is 10.7. The molecule has 1 aliphatic heterocycles. The Morgan fingerprint density at radius 1 is 1.47 bits per heavy atom. The standard InChI is InChI=1S/C11H23N3O2S/c1-3-13-11(2,10(12)15)4-5-14-6-8-17(16)9-7-14/h13H,3-9H2,1-2H3,(H2,12,15). The summed E-state index contributed by atoms with van der Waals surface area (Å²) in [5.41, 5.74) is 4.79. The van der Waals surface area contributed by atoms with Crippen LogP contribution in [0.4, 0.5) is 0 Å². The van der Waals surface area contributed by atoms with E-state index in [1.807, 2.05) is 13.8 Å². The maximum Gasteiger partial charge on any atom is 0.237 e. The number of nitrogens with one attached hydrogen (secondary N) is 1. The van der Waals surface area contributed by atoms with E-state index in [9.17, 15) is 9.00 Å². The fourth-order valence-corrected chi connectivity index (χ4v) is 3.10. The molecule has 1 fully saturated rings. The Bertz CT molecular complexity index is 288. The van der Waals surface area contributed by atoms with E-state index in [1.165, 1.54) is 0 Å². The van der Waals surface area contributed by atoms with Crippen LogP contribution in [0.5, 0.6) is 0 Å². The number of likely N-dealkylation sites (N-methyl/N-ethyl adjacent to an activating group) is 1. The molecule has 0 aromatic rings. The first kappa shape index (κ1) is 14.6. The number of hydrogen-bond acceptors (Lipinski definition) is 4. The quantitative estimate of drug-likeness (QED) is 0.662. The predicted octanol–water partition coefficient (Wildman–Crippen LogP) is -0.706. The Balaban J connectivity index is 2.41. The molecule has 5 nitrogen and oxygen atoms in total. The lowest BCUT2D eigenvalue weighted by atomic mass is 9.96. The molecule has 0 saturated carbocycles. The highest BCUT2D eigenvalue weighted by atomic mass is 32.2. The molecule has 1 saturated heterocycles. The average molecular weight is 261 g/mol. The Morgan fingerprint density at radius 3 is 2.53 bits per heavy atom. The molecule has 1 heterocycles. The zero-order chi connectivity index (χ0) is 12.9. The van der Waals surface area contributed by atoms with E-state index in [0.717, 1.165) is 37.7 Å². The summed E-state index contributed by atoms with van der Waals surface area (Å²) in [6.45, 7) is 7.07. The van der Waals surface area contributed by atoms with Gasteiger partial charge in [0.15, 0.2) is 0 Å². The van der Waals surface area contributed by atoms with E-state index in [4.69, 9.17) is 5.73 Å². The van der Waals surface area contributed by atoms with Crippen LogP contribution >= 0.6 is 0 Å². The third-order valence-corrected chi connectivity index (χ3v) is 4.59. The van der Waals surface area contributed by atoms with E-state index in [2.05, 4.69) is 10.2 Å². The van der Waals surface area contributed by atoms with Gasteiger partial charge in [-0.15, -0.1) is 0 Å². The van der Waals surface area contributed by atoms with Crippen LogP contribution in [-0.2, 0) is 15.6 Å². The van der Waals surface area contributed by atoms with Crippen molar-refractivity contribution < 1.29 is 9.00 Å². The molecule has 1 aliphatic rings. The van der Waals surface area contributed by atoms with Crippen LogP contribution in [0.2, 0.25) is 0 Å². The highest BCUT2D eigenvalue weighted by Gasteiger charge is 2.30. The molecule has 0 radical (unpaired) electrons. The Kier molecular flexibility index (Phi) is 5.55. The van der Waals surface area contributed by atoms with E-state index >= 15 is 0 Å². The van der Waals surface area contributed by atoms with Crippen LogP contribution < -0.4 is 11.1 Å². The molecule has 1 atom stereocenters. The van der Waals surface area contributed by atoms with E-state index in [0.29, 0.717) is 6.42 Å². The fraction of sp³-hybridized carbons (Fsp3) is 0.909. The summed E-state index contributed by atoms with van der Waals surface area (Å²) < 4.78 is 11.2. The molecule has 0 spiro atoms. The minimum Gasteiger partial charge on any atom is -0.368 e. The van der Waals surface area contributed by atoms with Crippen LogP contribution in [0, 0.1) is 0 Å². The first-order valence-corrected chi connectivity index (χ1v) is 7.59. The van der Waals surface area contributed by atoms with Gasteiger partial charge in [-0.2, -0.15) is 0 Å². The number of primary amides is 1. The zero-order valence-corrected chi connectivity index (χ0v) is 11.5. The number of carbonyl (C=O) groups excluding carboxylic acids is 1. The molecule has 6 heteroatoms. The molecule has 1 rings (SSSR count). The first-order valence-electron chi connectivity index (χ1n) is 6.10. The van der Waals surface area contributed by atoms with Crippen molar-refractivity contribution in [3.8, 4) is 0 Å². The topological polar surface area (TPSA) is 75.4 Å². The van der Waals surface area contributed by atoms with Gasteiger partial charge >= 0.3 is 0 Å². The summed E-state index contributed by atoms with van der Waals surface area (Å²) in [6, 6.07) is 0. The molecular weight excluding hydrogens is 238 g/mol. The largest absolute Gasteiger partial charge is 0.368 e. The van der Waals surface area contributed by atoms with Crippen LogP contribution in [0.15, 0.2) is 0 Å². The van der Waals surface area contributed by atoms with Gasteiger partial charge in [0.2, 0.25) is 5.91 Å². The monoisotopic (exact) mass is 261 g/mol. The van der Waals surface area contributed by atoms with Gasteiger partial charge in [-0.3, -0.25) is 9.00 Å². The summed E-state index contributed by atoms with van der Waals surface area (Å²) in [6.07, 6.45) is 0.697. The molecule has 0 aliphatic carbocycles. The van der Waals surface area contributed by atoms with Crippen LogP contribution in [0.25, 0.3) is 0 Å². The number of nitrogens with two attached hydrogens (primary N) is 1. The molecule has 100 valence electrons. The molecular formula is C11H23N3O2S. The van der Waals surface area contributed by atoms with Crippen molar-refractivity contribution >= 4 is 16.7 Å². The smallest absolute Gasteiger partial charge is 0.237 e. The van der Waals surface area contributed by atoms with Gasteiger partial charge in [-0.05, 0) is 19.9 Å². The Labute approximate surface area is 106 Å². The number of amides is 1. The van der Waals surface area contributed by atoms with Crippen molar-refractivity contribution in [3.05, 3.63) is 0 Å². The van der Waals surface area contributed by atoms with Gasteiger partial charge in [-0.1, -0.05) is 6.92 Å². The summed E-state index contributed by atoms with van der Waals surface area (Å²) in [7, 11) is -0.647. The number of hydrogen-bond donors (Lipinski definition) is 2. The lowest BCUT2D eigenvalue weighted by Crippen LogP contribution is -2.55. The second-order valence-corrected chi connectivity index (χ2v) is 6.36. The maximum atomic E-state index is 11.4. The SMILES string of the molecule is CCNC(C)(CCN1CCS(=O)CC1)C(N)=O. The van der Waals surface area contributed by atoms with Crippen molar-refractivity contribution in [2.24, 2.45) is 5.73 Å². The fourth-order valence-electron chi connectivity index (χ4n) is 1.97. The molecule has 0 aromatic carbocycles. The van der Waals surface area contributed by atoms with Gasteiger partial charge in [0.05, 0.1) is 5.54 Å². The lowest BCUT2D eigenvalue weighted by molar-refractivity contribution is -0.124. The summed E-state index contributed by atoms with van der Waals surface area (Å²) in [5, 5.41) is 3.15. The van der Waals surface area contributed by atoms with Crippen molar-refractivity contribution in [3.63, 3.8) is 0 Å². The average Bonchev–Trinajstić information content (AvgIpc) is 2.28. The maximum absolute atomic E-state index is 11.4. The van der Waals surface area contributed by atoms with Crippen molar-refractivity contribution in [2.75, 3.05) is 37.7 Å². The molecule has 0 bridgehead atoms. The van der Waals surface area contributed by atoms with Crippen LogP contribution in [0.1, 0.15) is 20.3 Å². The number of carbonyl (C=O) groups is 1. The van der Waals surface area contributed by atoms with Crippen LogP contribution in [-0.4, -0.2) is 58.2 Å². The van der Waals surface area contributed by atoms with Gasteiger partial charge in [0, 0.05) is 41.9 Å². The predicted molar refractivity (Wildman–Crippen MR) is 70.2 cm³/mol.